The number of ether oxygens (including phenoxy) is 1. The van der Waals surface area contributed by atoms with E-state index in [1.807, 2.05) is 12.1 Å². The van der Waals surface area contributed by atoms with Gasteiger partial charge in [0.25, 0.3) is 5.91 Å². The highest BCUT2D eigenvalue weighted by Crippen LogP contribution is 2.42. The molecule has 0 spiro atoms. The molecule has 114 valence electrons. The Morgan fingerprint density at radius 1 is 1.36 bits per heavy atom. The van der Waals surface area contributed by atoms with Gasteiger partial charge in [0.15, 0.2) is 5.50 Å². The first-order chi connectivity index (χ1) is 10.7. The Labute approximate surface area is 131 Å². The molecular weight excluding hydrogens is 303 g/mol. The van der Waals surface area contributed by atoms with Crippen molar-refractivity contribution in [3.8, 4) is 0 Å². The van der Waals surface area contributed by atoms with E-state index in [9.17, 15) is 9.18 Å². The molecule has 4 nitrogen and oxygen atoms in total. The Morgan fingerprint density at radius 3 is 3.09 bits per heavy atom. The molecule has 1 unspecified atom stereocenters. The van der Waals surface area contributed by atoms with E-state index in [0.717, 1.165) is 34.2 Å². The molecule has 0 bridgehead atoms. The topological polar surface area (TPSA) is 50.4 Å². The van der Waals surface area contributed by atoms with Crippen LogP contribution in [0.25, 0.3) is 10.8 Å². The maximum Gasteiger partial charge on any atom is 0.251 e. The first kappa shape index (κ1) is 13.8. The third kappa shape index (κ3) is 2.42. The number of hydrogen-bond acceptors (Lipinski definition) is 4. The molecular formula is C16H15FN2O2S. The summed E-state index contributed by atoms with van der Waals surface area (Å²) in [4.78, 5) is 13.2. The molecule has 2 aliphatic heterocycles. The number of carbonyl (C=O) groups is 1. The minimum absolute atomic E-state index is 0.0781. The van der Waals surface area contributed by atoms with Crippen molar-refractivity contribution in [1.82, 2.24) is 5.32 Å². The molecule has 6 heteroatoms. The lowest BCUT2D eigenvalue weighted by atomic mass is 10.1. The molecule has 2 aromatic rings. The van der Waals surface area contributed by atoms with Gasteiger partial charge in [-0.2, -0.15) is 0 Å². The second kappa shape index (κ2) is 5.44. The number of amides is 1. The first-order valence-corrected chi connectivity index (χ1v) is 8.16. The van der Waals surface area contributed by atoms with Crippen LogP contribution >= 0.6 is 11.8 Å². The molecule has 2 N–H and O–H groups in total. The van der Waals surface area contributed by atoms with Crippen molar-refractivity contribution in [2.75, 3.05) is 11.9 Å². The van der Waals surface area contributed by atoms with Crippen molar-refractivity contribution in [1.29, 1.82) is 0 Å². The Kier molecular flexibility index (Phi) is 3.43. The summed E-state index contributed by atoms with van der Waals surface area (Å²) >= 11 is 1.54. The number of rotatable bonds is 2. The number of anilines is 1. The highest BCUT2D eigenvalue weighted by Gasteiger charge is 2.29. The van der Waals surface area contributed by atoms with Crippen LogP contribution in [0.1, 0.15) is 12.8 Å². The first-order valence-electron chi connectivity index (χ1n) is 7.28. The molecule has 0 aromatic heterocycles. The molecule has 22 heavy (non-hydrogen) atoms. The highest BCUT2D eigenvalue weighted by atomic mass is 32.2. The average Bonchev–Trinajstić information content (AvgIpc) is 3.15. The standard InChI is InChI=1S/C16H15FN2O2S/c17-10-4-5-11-9(8-10)3-6-12-14(11)22-16(18-12)19-15(20)13-2-1-7-21-13/h3-6,8,13,16,18H,1-2,7H2,(H,19,20)/t13-,16?/m0/s1. The minimum atomic E-state index is -0.336. The van der Waals surface area contributed by atoms with Crippen LogP contribution in [0.15, 0.2) is 35.2 Å². The molecule has 1 amide bonds. The van der Waals surface area contributed by atoms with Crippen molar-refractivity contribution in [3.63, 3.8) is 0 Å². The van der Waals surface area contributed by atoms with Gasteiger partial charge in [-0.05, 0) is 41.8 Å². The molecule has 1 saturated heterocycles. The summed E-state index contributed by atoms with van der Waals surface area (Å²) in [7, 11) is 0. The maximum absolute atomic E-state index is 13.3. The second-order valence-electron chi connectivity index (χ2n) is 5.46. The van der Waals surface area contributed by atoms with E-state index in [1.54, 1.807) is 6.07 Å². The molecule has 4 rings (SSSR count). The van der Waals surface area contributed by atoms with Crippen LogP contribution in [-0.2, 0) is 9.53 Å². The van der Waals surface area contributed by atoms with Gasteiger partial charge in [0.2, 0.25) is 0 Å². The van der Waals surface area contributed by atoms with E-state index < -0.39 is 0 Å². The molecule has 2 atom stereocenters. The van der Waals surface area contributed by atoms with Crippen molar-refractivity contribution < 1.29 is 13.9 Å². The van der Waals surface area contributed by atoms with Crippen molar-refractivity contribution in [2.45, 2.75) is 29.3 Å². The van der Waals surface area contributed by atoms with Gasteiger partial charge in [0, 0.05) is 11.5 Å². The fourth-order valence-corrected chi connectivity index (χ4v) is 4.04. The lowest BCUT2D eigenvalue weighted by Gasteiger charge is -2.15. The van der Waals surface area contributed by atoms with Crippen molar-refractivity contribution in [2.24, 2.45) is 0 Å². The lowest BCUT2D eigenvalue weighted by Crippen LogP contribution is -2.41. The molecule has 0 saturated carbocycles. The number of carbonyl (C=O) groups excluding carboxylic acids is 1. The number of halogens is 1. The smallest absolute Gasteiger partial charge is 0.251 e. The molecule has 1 fully saturated rings. The van der Waals surface area contributed by atoms with Gasteiger partial charge in [-0.1, -0.05) is 23.9 Å². The molecule has 0 aliphatic carbocycles. The summed E-state index contributed by atoms with van der Waals surface area (Å²) in [6.45, 7) is 0.653. The summed E-state index contributed by atoms with van der Waals surface area (Å²) in [5.74, 6) is -0.322. The normalized spacial score (nSPS) is 23.3. The number of nitrogens with one attached hydrogen (secondary N) is 2. The second-order valence-corrected chi connectivity index (χ2v) is 6.58. The Bertz CT molecular complexity index is 746. The van der Waals surface area contributed by atoms with E-state index >= 15 is 0 Å². The van der Waals surface area contributed by atoms with Crippen LogP contribution in [0.3, 0.4) is 0 Å². The van der Waals surface area contributed by atoms with Gasteiger partial charge >= 0.3 is 0 Å². The average molecular weight is 318 g/mol. The molecule has 2 aliphatic rings. The van der Waals surface area contributed by atoms with Gasteiger partial charge in [0.05, 0.1) is 5.69 Å². The Hall–Kier alpha value is -1.79. The van der Waals surface area contributed by atoms with E-state index in [2.05, 4.69) is 10.6 Å². The number of benzene rings is 2. The summed E-state index contributed by atoms with van der Waals surface area (Å²) in [5, 5.41) is 8.09. The fraction of sp³-hybridized carbons (Fsp3) is 0.312. The lowest BCUT2D eigenvalue weighted by molar-refractivity contribution is -0.130. The fourth-order valence-electron chi connectivity index (χ4n) is 2.87. The Balaban J connectivity index is 1.55. The zero-order valence-corrected chi connectivity index (χ0v) is 12.6. The number of thioether (sulfide) groups is 1. The summed E-state index contributed by atoms with van der Waals surface area (Å²) < 4.78 is 18.7. The summed E-state index contributed by atoms with van der Waals surface area (Å²) in [5.41, 5.74) is 0.740. The van der Waals surface area contributed by atoms with Gasteiger partial charge in [-0.3, -0.25) is 4.79 Å². The third-order valence-electron chi connectivity index (χ3n) is 3.95. The van der Waals surface area contributed by atoms with E-state index in [-0.39, 0.29) is 23.3 Å². The molecule has 2 heterocycles. The van der Waals surface area contributed by atoms with Gasteiger partial charge < -0.3 is 15.4 Å². The van der Waals surface area contributed by atoms with E-state index in [0.29, 0.717) is 6.61 Å². The predicted molar refractivity (Wildman–Crippen MR) is 84.3 cm³/mol. The zero-order chi connectivity index (χ0) is 15.1. The SMILES string of the molecule is O=C(NC1Nc2ccc3cc(F)ccc3c2S1)[C@@H]1CCCO1. The largest absolute Gasteiger partial charge is 0.368 e. The molecule has 0 radical (unpaired) electrons. The van der Waals surface area contributed by atoms with Crippen LogP contribution in [0.2, 0.25) is 0 Å². The van der Waals surface area contributed by atoms with Gasteiger partial charge in [0.1, 0.15) is 11.9 Å². The maximum atomic E-state index is 13.3. The van der Waals surface area contributed by atoms with Crippen LogP contribution in [0, 0.1) is 5.82 Å². The van der Waals surface area contributed by atoms with Crippen LogP contribution < -0.4 is 10.6 Å². The summed E-state index contributed by atoms with van der Waals surface area (Å²) in [6.07, 6.45) is 1.37. The van der Waals surface area contributed by atoms with E-state index in [1.165, 1.54) is 23.9 Å². The number of hydrogen-bond donors (Lipinski definition) is 2. The quantitative estimate of drug-likeness (QED) is 0.893. The predicted octanol–water partition coefficient (Wildman–Crippen LogP) is 3.08. The third-order valence-corrected chi connectivity index (χ3v) is 5.10. The van der Waals surface area contributed by atoms with Crippen molar-refractivity contribution in [3.05, 3.63) is 36.1 Å². The van der Waals surface area contributed by atoms with Gasteiger partial charge in [-0.15, -0.1) is 0 Å². The Morgan fingerprint density at radius 2 is 2.27 bits per heavy atom. The highest BCUT2D eigenvalue weighted by molar-refractivity contribution is 8.00. The summed E-state index contributed by atoms with van der Waals surface area (Å²) in [6, 6.07) is 8.57. The van der Waals surface area contributed by atoms with Crippen LogP contribution in [0.5, 0.6) is 0 Å². The minimum Gasteiger partial charge on any atom is -0.368 e. The molecule has 2 aromatic carbocycles. The zero-order valence-electron chi connectivity index (χ0n) is 11.8. The van der Waals surface area contributed by atoms with Gasteiger partial charge in [-0.25, -0.2) is 4.39 Å². The van der Waals surface area contributed by atoms with E-state index in [4.69, 9.17) is 4.74 Å². The van der Waals surface area contributed by atoms with Crippen molar-refractivity contribution >= 4 is 34.1 Å². The van der Waals surface area contributed by atoms with Crippen LogP contribution in [0.4, 0.5) is 10.1 Å². The monoisotopic (exact) mass is 318 g/mol. The number of fused-ring (bicyclic) bond motifs is 3. The van der Waals surface area contributed by atoms with Crippen LogP contribution in [-0.4, -0.2) is 24.1 Å².